The van der Waals surface area contributed by atoms with Gasteiger partial charge in [-0.3, -0.25) is 0 Å². The Morgan fingerprint density at radius 1 is 0.879 bits per heavy atom. The number of thioether (sulfide) groups is 1. The molecule has 1 saturated carbocycles. The highest BCUT2D eigenvalue weighted by Crippen LogP contribution is 2.60. The second kappa shape index (κ2) is 8.35. The lowest BCUT2D eigenvalue weighted by Gasteiger charge is -2.38. The minimum Gasteiger partial charge on any atom is -0.497 e. The van der Waals surface area contributed by atoms with Crippen molar-refractivity contribution < 1.29 is 4.74 Å². The number of rotatable bonds is 4. The van der Waals surface area contributed by atoms with Gasteiger partial charge in [0.15, 0.2) is 0 Å². The summed E-state index contributed by atoms with van der Waals surface area (Å²) in [7, 11) is 1.72. The maximum absolute atomic E-state index is 5.43. The van der Waals surface area contributed by atoms with Gasteiger partial charge in [0.05, 0.1) is 12.0 Å². The van der Waals surface area contributed by atoms with Gasteiger partial charge in [-0.2, -0.15) is 0 Å². The first kappa shape index (κ1) is 20.5. The van der Waals surface area contributed by atoms with Gasteiger partial charge in [-0.1, -0.05) is 85.3 Å². The van der Waals surface area contributed by atoms with Gasteiger partial charge in [0.25, 0.3) is 0 Å². The van der Waals surface area contributed by atoms with E-state index in [1.165, 1.54) is 58.9 Å². The van der Waals surface area contributed by atoms with Crippen molar-refractivity contribution in [3.63, 3.8) is 0 Å². The number of allylic oxidation sites excluding steroid dienone is 2. The Bertz CT molecular complexity index is 1200. The zero-order chi connectivity index (χ0) is 22.3. The molecule has 2 heterocycles. The number of dihydropyridines is 1. The fourth-order valence-corrected chi connectivity index (χ4v) is 7.15. The molecule has 1 fully saturated rings. The first-order valence-corrected chi connectivity index (χ1v) is 12.6. The summed E-state index contributed by atoms with van der Waals surface area (Å²) in [5.41, 5.74) is 4.96. The van der Waals surface area contributed by atoms with Gasteiger partial charge in [0, 0.05) is 22.2 Å². The summed E-state index contributed by atoms with van der Waals surface area (Å²) in [6.45, 7) is 0. The Morgan fingerprint density at radius 2 is 1.55 bits per heavy atom. The number of para-hydroxylation sites is 1. The number of methoxy groups -OCH3 is 1. The molecule has 2 aliphatic heterocycles. The molecule has 1 N–H and O–H groups in total. The molecule has 4 heteroatoms. The van der Waals surface area contributed by atoms with Crippen molar-refractivity contribution in [1.29, 1.82) is 0 Å². The lowest BCUT2D eigenvalue weighted by Crippen LogP contribution is -2.43. The lowest BCUT2D eigenvalue weighted by molar-refractivity contribution is 0.414. The zero-order valence-electron chi connectivity index (χ0n) is 18.8. The second-order valence-corrected chi connectivity index (χ2v) is 10.4. The molecule has 0 radical (unpaired) electrons. The highest BCUT2D eigenvalue weighted by Gasteiger charge is 2.51. The minimum absolute atomic E-state index is 0.0870. The van der Waals surface area contributed by atoms with Crippen LogP contribution in [0.15, 0.2) is 102 Å². The Balaban J connectivity index is 1.50. The third-order valence-corrected chi connectivity index (χ3v) is 8.63. The van der Waals surface area contributed by atoms with Crippen LogP contribution < -0.4 is 15.0 Å². The number of hydrogen-bond acceptors (Lipinski definition) is 4. The Morgan fingerprint density at radius 3 is 2.21 bits per heavy atom. The van der Waals surface area contributed by atoms with Crippen LogP contribution in [0.2, 0.25) is 0 Å². The van der Waals surface area contributed by atoms with E-state index in [-0.39, 0.29) is 10.8 Å². The van der Waals surface area contributed by atoms with Crippen LogP contribution in [0.1, 0.15) is 42.7 Å². The van der Waals surface area contributed by atoms with Crippen LogP contribution >= 0.6 is 11.8 Å². The van der Waals surface area contributed by atoms with Gasteiger partial charge < -0.3 is 15.0 Å². The Hall–Kier alpha value is -3.11. The molecule has 6 rings (SSSR count). The molecule has 3 aromatic rings. The summed E-state index contributed by atoms with van der Waals surface area (Å²) in [6, 6.07) is 30.2. The van der Waals surface area contributed by atoms with E-state index in [2.05, 4.69) is 113 Å². The number of anilines is 1. The van der Waals surface area contributed by atoms with E-state index in [4.69, 9.17) is 4.74 Å². The van der Waals surface area contributed by atoms with Crippen LogP contribution in [0, 0.1) is 0 Å². The number of benzene rings is 3. The summed E-state index contributed by atoms with van der Waals surface area (Å²) in [5.74, 6) is 2.35. The molecule has 3 nitrogen and oxygen atoms in total. The van der Waals surface area contributed by atoms with Crippen molar-refractivity contribution in [3.8, 4) is 5.75 Å². The molecule has 0 amide bonds. The Kier molecular flexibility index (Phi) is 5.18. The van der Waals surface area contributed by atoms with Crippen LogP contribution in [0.5, 0.6) is 5.75 Å². The number of nitrogens with one attached hydrogen (secondary N) is 1. The third-order valence-electron chi connectivity index (χ3n) is 6.99. The van der Waals surface area contributed by atoms with Crippen molar-refractivity contribution in [2.24, 2.45) is 0 Å². The molecule has 0 aromatic heterocycles. The van der Waals surface area contributed by atoms with Gasteiger partial charge in [-0.05, 0) is 54.3 Å². The van der Waals surface area contributed by atoms with E-state index < -0.39 is 0 Å². The molecular formula is C29H28N2OS. The maximum atomic E-state index is 5.43. The molecule has 1 atom stereocenters. The molecule has 1 spiro atoms. The summed E-state index contributed by atoms with van der Waals surface area (Å²) < 4.78 is 5.43. The van der Waals surface area contributed by atoms with Crippen LogP contribution in [-0.4, -0.2) is 12.0 Å². The fourth-order valence-electron chi connectivity index (χ4n) is 5.39. The molecule has 166 valence electrons. The van der Waals surface area contributed by atoms with Crippen molar-refractivity contribution in [1.82, 2.24) is 5.32 Å². The third kappa shape index (κ3) is 3.53. The number of ether oxygens (including phenoxy) is 1. The van der Waals surface area contributed by atoms with Crippen molar-refractivity contribution >= 4 is 23.1 Å². The maximum Gasteiger partial charge on any atom is 0.122 e. The van der Waals surface area contributed by atoms with Gasteiger partial charge in [0.2, 0.25) is 0 Å². The van der Waals surface area contributed by atoms with Gasteiger partial charge in [-0.15, -0.1) is 0 Å². The van der Waals surface area contributed by atoms with E-state index in [1.807, 2.05) is 0 Å². The minimum atomic E-state index is 0.0870. The van der Waals surface area contributed by atoms with Crippen LogP contribution in [0.3, 0.4) is 0 Å². The first-order chi connectivity index (χ1) is 16.3. The number of nitrogens with zero attached hydrogens (tertiary/aromatic N) is 1. The molecule has 1 unspecified atom stereocenters. The molecule has 0 bridgehead atoms. The van der Waals surface area contributed by atoms with Gasteiger partial charge in [-0.25, -0.2) is 0 Å². The average molecular weight is 453 g/mol. The molecule has 1 aliphatic carbocycles. The van der Waals surface area contributed by atoms with Crippen LogP contribution in [-0.2, 0) is 0 Å². The van der Waals surface area contributed by atoms with Crippen molar-refractivity contribution in [3.05, 3.63) is 113 Å². The Labute approximate surface area is 200 Å². The van der Waals surface area contributed by atoms with E-state index in [9.17, 15) is 0 Å². The summed E-state index contributed by atoms with van der Waals surface area (Å²) in [5, 5.41) is 3.87. The normalized spacial score (nSPS) is 21.1. The largest absolute Gasteiger partial charge is 0.497 e. The predicted molar refractivity (Wildman–Crippen MR) is 138 cm³/mol. The molecule has 0 saturated heterocycles. The summed E-state index contributed by atoms with van der Waals surface area (Å²) in [4.78, 5) is 4.11. The summed E-state index contributed by atoms with van der Waals surface area (Å²) in [6.07, 6.45) is 7.38. The topological polar surface area (TPSA) is 24.5 Å². The molecular weight excluding hydrogens is 424 g/mol. The second-order valence-electron chi connectivity index (χ2n) is 8.96. The van der Waals surface area contributed by atoms with Gasteiger partial charge in [0.1, 0.15) is 11.6 Å². The van der Waals surface area contributed by atoms with E-state index in [1.54, 1.807) is 7.11 Å². The van der Waals surface area contributed by atoms with Crippen LogP contribution in [0.25, 0.3) is 5.70 Å². The van der Waals surface area contributed by atoms with Gasteiger partial charge >= 0.3 is 0 Å². The van der Waals surface area contributed by atoms with Crippen LogP contribution in [0.4, 0.5) is 5.69 Å². The monoisotopic (exact) mass is 452 g/mol. The first-order valence-electron chi connectivity index (χ1n) is 11.7. The van der Waals surface area contributed by atoms with E-state index >= 15 is 0 Å². The molecule has 3 aromatic carbocycles. The predicted octanol–water partition coefficient (Wildman–Crippen LogP) is 7.12. The van der Waals surface area contributed by atoms with Crippen molar-refractivity contribution in [2.75, 3.05) is 12.0 Å². The summed E-state index contributed by atoms with van der Waals surface area (Å²) >= 11 is 2.08. The SMILES string of the molecule is COc1ccc(C2C=C(c3ccccc3)NC3=C2SC2(CCCC2)N3c2ccccc2)cc1. The quantitative estimate of drug-likeness (QED) is 0.456. The van der Waals surface area contributed by atoms with Crippen molar-refractivity contribution in [2.45, 2.75) is 36.5 Å². The molecule has 33 heavy (non-hydrogen) atoms. The smallest absolute Gasteiger partial charge is 0.122 e. The molecule has 3 aliphatic rings. The highest BCUT2D eigenvalue weighted by molar-refractivity contribution is 8.04. The highest BCUT2D eigenvalue weighted by atomic mass is 32.2. The van der Waals surface area contributed by atoms with E-state index in [0.717, 1.165) is 5.75 Å². The fraction of sp³-hybridized carbons (Fsp3) is 0.241. The average Bonchev–Trinajstić information content (AvgIpc) is 3.48. The zero-order valence-corrected chi connectivity index (χ0v) is 19.6. The lowest BCUT2D eigenvalue weighted by atomic mass is 9.93. The number of hydrogen-bond donors (Lipinski definition) is 1. The standard InChI is InChI=1S/C29H28N2OS/c1-32-24-16-14-21(15-17-24)25-20-26(22-10-4-2-5-11-22)30-28-27(25)33-29(18-8-9-19-29)31(28)23-12-6-3-7-13-23/h2-7,10-17,20,25,30H,8-9,18-19H2,1H3. The van der Waals surface area contributed by atoms with E-state index in [0.29, 0.717) is 0 Å².